The highest BCUT2D eigenvalue weighted by Gasteiger charge is 2.33. The molecule has 2 aromatic rings. The van der Waals surface area contributed by atoms with Crippen LogP contribution in [0.1, 0.15) is 37.1 Å². The lowest BCUT2D eigenvalue weighted by Crippen LogP contribution is -2.42. The molecule has 6 nitrogen and oxygen atoms in total. The van der Waals surface area contributed by atoms with Crippen molar-refractivity contribution < 1.29 is 0 Å². The van der Waals surface area contributed by atoms with E-state index in [4.69, 9.17) is 0 Å². The number of aryl methyl sites for hydroxylation is 1. The number of nitrogens with one attached hydrogen (secondary N) is 1. The van der Waals surface area contributed by atoms with Crippen molar-refractivity contribution in [1.82, 2.24) is 29.8 Å². The zero-order chi connectivity index (χ0) is 16.2. The van der Waals surface area contributed by atoms with Crippen LogP contribution in [0.15, 0.2) is 24.7 Å². The lowest BCUT2D eigenvalue weighted by molar-refractivity contribution is 0.0747. The minimum Gasteiger partial charge on any atom is -0.300 e. The van der Waals surface area contributed by atoms with Gasteiger partial charge >= 0.3 is 0 Å². The first-order valence-corrected chi connectivity index (χ1v) is 8.56. The molecule has 0 amide bonds. The summed E-state index contributed by atoms with van der Waals surface area (Å²) < 4.78 is 1.92. The van der Waals surface area contributed by atoms with E-state index < -0.39 is 0 Å². The Morgan fingerprint density at radius 2 is 2.30 bits per heavy atom. The first-order valence-electron chi connectivity index (χ1n) is 8.56. The third-order valence-electron chi connectivity index (χ3n) is 4.88. The number of H-pyrrole nitrogens is 1. The molecule has 23 heavy (non-hydrogen) atoms. The highest BCUT2D eigenvalue weighted by molar-refractivity contribution is 5.13. The molecule has 6 heteroatoms. The molecule has 0 saturated carbocycles. The predicted molar refractivity (Wildman–Crippen MR) is 90.8 cm³/mol. The lowest BCUT2D eigenvalue weighted by atomic mass is 9.85. The smallest absolute Gasteiger partial charge is 0.0537 e. The van der Waals surface area contributed by atoms with E-state index in [1.165, 1.54) is 30.6 Å². The molecule has 0 bridgehead atoms. The van der Waals surface area contributed by atoms with Gasteiger partial charge in [-0.05, 0) is 45.0 Å². The highest BCUT2D eigenvalue weighted by atomic mass is 15.3. The second kappa shape index (κ2) is 7.27. The minimum absolute atomic E-state index is 0.478. The van der Waals surface area contributed by atoms with Crippen LogP contribution in [0.4, 0.5) is 0 Å². The van der Waals surface area contributed by atoms with Gasteiger partial charge in [-0.3, -0.25) is 14.7 Å². The molecular weight excluding hydrogens is 288 g/mol. The van der Waals surface area contributed by atoms with Crippen molar-refractivity contribution in [3.05, 3.63) is 35.9 Å². The molecule has 1 aliphatic rings. The van der Waals surface area contributed by atoms with Crippen molar-refractivity contribution in [2.45, 2.75) is 32.4 Å². The summed E-state index contributed by atoms with van der Waals surface area (Å²) >= 11 is 0. The first-order chi connectivity index (χ1) is 11.2. The van der Waals surface area contributed by atoms with Crippen LogP contribution >= 0.6 is 0 Å². The summed E-state index contributed by atoms with van der Waals surface area (Å²) in [7, 11) is 4.20. The predicted octanol–water partition coefficient (Wildman–Crippen LogP) is 2.05. The summed E-state index contributed by atoms with van der Waals surface area (Å²) in [5.74, 6) is 0.640. The Hall–Kier alpha value is -1.66. The van der Waals surface area contributed by atoms with Crippen LogP contribution < -0.4 is 0 Å². The van der Waals surface area contributed by atoms with E-state index in [1.807, 2.05) is 30.2 Å². The SMILES string of the molecule is CCN1CCC[C@@H](CN(C)Cc2ccn[nH]2)[C@@H]1c1cnn(C)c1. The maximum atomic E-state index is 4.40. The van der Waals surface area contributed by atoms with Crippen LogP contribution in [0.3, 0.4) is 0 Å². The number of aromatic amines is 1. The van der Waals surface area contributed by atoms with Crippen molar-refractivity contribution in [2.24, 2.45) is 13.0 Å². The van der Waals surface area contributed by atoms with E-state index >= 15 is 0 Å². The molecule has 3 rings (SSSR count). The van der Waals surface area contributed by atoms with Gasteiger partial charge in [-0.2, -0.15) is 10.2 Å². The summed E-state index contributed by atoms with van der Waals surface area (Å²) in [4.78, 5) is 5.01. The molecule has 0 aliphatic carbocycles. The van der Waals surface area contributed by atoms with Gasteiger partial charge in [-0.15, -0.1) is 0 Å². The summed E-state index contributed by atoms with van der Waals surface area (Å²) in [6, 6.07) is 2.53. The average Bonchev–Trinajstić information content (AvgIpc) is 3.18. The third-order valence-corrected chi connectivity index (χ3v) is 4.88. The monoisotopic (exact) mass is 316 g/mol. The Labute approximate surface area is 138 Å². The molecule has 1 N–H and O–H groups in total. The molecular formula is C17H28N6. The van der Waals surface area contributed by atoms with Gasteiger partial charge in [0.15, 0.2) is 0 Å². The van der Waals surface area contributed by atoms with Gasteiger partial charge in [0.2, 0.25) is 0 Å². The maximum absolute atomic E-state index is 4.40. The van der Waals surface area contributed by atoms with Crippen molar-refractivity contribution in [3.63, 3.8) is 0 Å². The van der Waals surface area contributed by atoms with Gasteiger partial charge in [-0.25, -0.2) is 0 Å². The fourth-order valence-electron chi connectivity index (χ4n) is 3.90. The number of likely N-dealkylation sites (tertiary alicyclic amines) is 1. The van der Waals surface area contributed by atoms with E-state index in [9.17, 15) is 0 Å². The number of nitrogens with zero attached hydrogens (tertiary/aromatic N) is 5. The van der Waals surface area contributed by atoms with E-state index in [0.29, 0.717) is 12.0 Å². The number of hydrogen-bond donors (Lipinski definition) is 1. The van der Waals surface area contributed by atoms with Crippen LogP contribution in [0, 0.1) is 5.92 Å². The fraction of sp³-hybridized carbons (Fsp3) is 0.647. The van der Waals surface area contributed by atoms with Gasteiger partial charge in [0.1, 0.15) is 0 Å². The lowest BCUT2D eigenvalue weighted by Gasteiger charge is -2.42. The molecule has 2 aromatic heterocycles. The number of hydrogen-bond acceptors (Lipinski definition) is 4. The summed E-state index contributed by atoms with van der Waals surface area (Å²) in [6.45, 7) is 6.56. The van der Waals surface area contributed by atoms with Gasteiger partial charge in [0.05, 0.1) is 6.20 Å². The molecule has 0 unspecified atom stereocenters. The van der Waals surface area contributed by atoms with Crippen molar-refractivity contribution in [2.75, 3.05) is 26.7 Å². The minimum atomic E-state index is 0.478. The third kappa shape index (κ3) is 3.82. The van der Waals surface area contributed by atoms with E-state index in [2.05, 4.69) is 45.3 Å². The summed E-state index contributed by atoms with van der Waals surface area (Å²) in [6.07, 6.45) is 8.61. The van der Waals surface area contributed by atoms with E-state index in [0.717, 1.165) is 19.6 Å². The number of piperidine rings is 1. The Balaban J connectivity index is 1.72. The Morgan fingerprint density at radius 3 is 2.96 bits per heavy atom. The normalized spacial score (nSPS) is 22.8. The van der Waals surface area contributed by atoms with Crippen LogP contribution in [-0.4, -0.2) is 56.5 Å². The zero-order valence-corrected chi connectivity index (χ0v) is 14.4. The van der Waals surface area contributed by atoms with Gasteiger partial charge in [-0.1, -0.05) is 6.92 Å². The zero-order valence-electron chi connectivity index (χ0n) is 14.4. The molecule has 126 valence electrons. The van der Waals surface area contributed by atoms with Gasteiger partial charge in [0.25, 0.3) is 0 Å². The molecule has 1 fully saturated rings. The summed E-state index contributed by atoms with van der Waals surface area (Å²) in [5, 5.41) is 11.5. The quantitative estimate of drug-likeness (QED) is 0.886. The van der Waals surface area contributed by atoms with E-state index in [1.54, 1.807) is 0 Å². The van der Waals surface area contributed by atoms with Crippen molar-refractivity contribution in [3.8, 4) is 0 Å². The number of aromatic nitrogens is 4. The van der Waals surface area contributed by atoms with Crippen molar-refractivity contribution in [1.29, 1.82) is 0 Å². The molecule has 0 spiro atoms. The summed E-state index contributed by atoms with van der Waals surface area (Å²) in [5.41, 5.74) is 2.53. The molecule has 1 aliphatic heterocycles. The van der Waals surface area contributed by atoms with Gasteiger partial charge < -0.3 is 4.90 Å². The topological polar surface area (TPSA) is 53.0 Å². The molecule has 1 saturated heterocycles. The largest absolute Gasteiger partial charge is 0.300 e. The molecule has 0 radical (unpaired) electrons. The van der Waals surface area contributed by atoms with Crippen LogP contribution in [0.2, 0.25) is 0 Å². The average molecular weight is 316 g/mol. The van der Waals surface area contributed by atoms with Crippen LogP contribution in [0.5, 0.6) is 0 Å². The van der Waals surface area contributed by atoms with Crippen LogP contribution in [-0.2, 0) is 13.6 Å². The molecule has 2 atom stereocenters. The van der Waals surface area contributed by atoms with Crippen molar-refractivity contribution >= 4 is 0 Å². The second-order valence-corrected chi connectivity index (χ2v) is 6.70. The first kappa shape index (κ1) is 16.2. The second-order valence-electron chi connectivity index (χ2n) is 6.70. The van der Waals surface area contributed by atoms with Gasteiger partial charge in [0, 0.05) is 49.8 Å². The standard InChI is InChI=1S/C17H28N6/c1-4-23-9-5-6-14(17(23)15-10-19-22(3)12-15)11-21(2)13-16-7-8-18-20-16/h7-8,10,12,14,17H,4-6,9,11,13H2,1-3H3,(H,18,20)/t14-,17+/m0/s1. The van der Waals surface area contributed by atoms with E-state index in [-0.39, 0.29) is 0 Å². The maximum Gasteiger partial charge on any atom is 0.0537 e. The molecule has 0 aromatic carbocycles. The fourth-order valence-corrected chi connectivity index (χ4v) is 3.90. The Bertz CT molecular complexity index is 590. The van der Waals surface area contributed by atoms with Crippen LogP contribution in [0.25, 0.3) is 0 Å². The highest BCUT2D eigenvalue weighted by Crippen LogP contribution is 2.36. The Kier molecular flexibility index (Phi) is 5.13. The molecule has 3 heterocycles. The number of rotatable bonds is 6. The Morgan fingerprint density at radius 1 is 1.43 bits per heavy atom.